The highest BCUT2D eigenvalue weighted by atomic mass is 35.5. The number of carbonyl (C=O) groups excluding carboxylic acids is 1. The van der Waals surface area contributed by atoms with Crippen molar-refractivity contribution in [2.24, 2.45) is 0 Å². The highest BCUT2D eigenvalue weighted by Crippen LogP contribution is 2.19. The van der Waals surface area contributed by atoms with Crippen LogP contribution >= 0.6 is 34.5 Å². The molecule has 1 amide bonds. The highest BCUT2D eigenvalue weighted by Gasteiger charge is 2.12. The smallest absolute Gasteiger partial charge is 0.231 e. The van der Waals surface area contributed by atoms with Gasteiger partial charge in [-0.3, -0.25) is 4.79 Å². The van der Waals surface area contributed by atoms with Crippen molar-refractivity contribution in [3.8, 4) is 0 Å². The normalized spacial score (nSPS) is 10.9. The molecule has 152 valence electrons. The van der Waals surface area contributed by atoms with Gasteiger partial charge in [-0.1, -0.05) is 47.5 Å². The van der Waals surface area contributed by atoms with Crippen molar-refractivity contribution in [1.29, 1.82) is 0 Å². The maximum Gasteiger partial charge on any atom is 0.231 e. The zero-order valence-electron chi connectivity index (χ0n) is 15.9. The van der Waals surface area contributed by atoms with Crippen LogP contribution in [0.15, 0.2) is 66.2 Å². The quantitative estimate of drug-likeness (QED) is 0.401. The van der Waals surface area contributed by atoms with Gasteiger partial charge in [-0.2, -0.15) is 5.10 Å². The Balaban J connectivity index is 1.37. The van der Waals surface area contributed by atoms with Crippen molar-refractivity contribution in [3.05, 3.63) is 98.0 Å². The average molecular weight is 457 g/mol. The highest BCUT2D eigenvalue weighted by molar-refractivity contribution is 7.09. The van der Waals surface area contributed by atoms with Gasteiger partial charge in [0, 0.05) is 27.9 Å². The molecule has 1 N–H and O–H groups in total. The predicted molar refractivity (Wildman–Crippen MR) is 121 cm³/mol. The summed E-state index contributed by atoms with van der Waals surface area (Å²) >= 11 is 13.6. The minimum absolute atomic E-state index is 0.137. The van der Waals surface area contributed by atoms with Gasteiger partial charge in [-0.05, 0) is 35.4 Å². The summed E-state index contributed by atoms with van der Waals surface area (Å²) in [4.78, 5) is 17.1. The number of thiazole rings is 1. The maximum atomic E-state index is 12.5. The second-order valence-electron chi connectivity index (χ2n) is 6.77. The molecule has 0 spiro atoms. The van der Waals surface area contributed by atoms with Crippen LogP contribution in [-0.2, 0) is 24.2 Å². The molecular formula is C22H18Cl2N4OS. The first-order chi connectivity index (χ1) is 14.5. The van der Waals surface area contributed by atoms with Gasteiger partial charge in [0.05, 0.1) is 29.9 Å². The van der Waals surface area contributed by atoms with Crippen LogP contribution in [-0.4, -0.2) is 20.7 Å². The first-order valence-corrected chi connectivity index (χ1v) is 10.9. The van der Waals surface area contributed by atoms with Crippen LogP contribution < -0.4 is 5.32 Å². The fraction of sp³-hybridized carbons (Fsp3) is 0.136. The topological polar surface area (TPSA) is 59.8 Å². The van der Waals surface area contributed by atoms with E-state index in [1.54, 1.807) is 28.3 Å². The number of halogens is 2. The summed E-state index contributed by atoms with van der Waals surface area (Å²) < 4.78 is 1.73. The number of anilines is 1. The van der Waals surface area contributed by atoms with E-state index in [9.17, 15) is 4.79 Å². The van der Waals surface area contributed by atoms with E-state index < -0.39 is 0 Å². The summed E-state index contributed by atoms with van der Waals surface area (Å²) in [7, 11) is 0. The third kappa shape index (κ3) is 5.48. The maximum absolute atomic E-state index is 12.5. The van der Waals surface area contributed by atoms with Gasteiger partial charge in [0.2, 0.25) is 5.91 Å². The third-order valence-corrected chi connectivity index (χ3v) is 5.76. The Hall–Kier alpha value is -2.67. The molecule has 0 atom stereocenters. The fourth-order valence-corrected chi connectivity index (χ4v) is 4.31. The van der Waals surface area contributed by atoms with Crippen molar-refractivity contribution >= 4 is 46.3 Å². The van der Waals surface area contributed by atoms with E-state index in [0.29, 0.717) is 28.8 Å². The second-order valence-corrected chi connectivity index (χ2v) is 8.58. The fourth-order valence-electron chi connectivity index (χ4n) is 3.06. The molecule has 0 bridgehead atoms. The lowest BCUT2D eigenvalue weighted by Crippen LogP contribution is -2.18. The van der Waals surface area contributed by atoms with Crippen LogP contribution in [0.5, 0.6) is 0 Å². The van der Waals surface area contributed by atoms with Crippen molar-refractivity contribution in [2.45, 2.75) is 19.4 Å². The van der Waals surface area contributed by atoms with E-state index in [2.05, 4.69) is 15.4 Å². The summed E-state index contributed by atoms with van der Waals surface area (Å²) in [5.74, 6) is 0.497. The number of carbonyl (C=O) groups is 1. The molecule has 0 aliphatic heterocycles. The largest absolute Gasteiger partial charge is 0.311 e. The summed E-state index contributed by atoms with van der Waals surface area (Å²) in [6, 6.07) is 17.0. The van der Waals surface area contributed by atoms with E-state index in [0.717, 1.165) is 21.8 Å². The number of aromatic nitrogens is 3. The molecule has 30 heavy (non-hydrogen) atoms. The molecule has 0 aliphatic rings. The lowest BCUT2D eigenvalue weighted by atomic mass is 10.2. The van der Waals surface area contributed by atoms with Gasteiger partial charge in [-0.25, -0.2) is 9.67 Å². The standard InChI is InChI=1S/C22H18Cl2N4OS/c23-17-5-1-3-15(9-17)11-22-26-19(14-30-22)12-21(29)27-20-7-8-25-28(20)13-16-4-2-6-18(24)10-16/h1-10,14H,11-13H2,(H,27,29). The SMILES string of the molecule is O=C(Cc1csc(Cc2cccc(Cl)c2)n1)Nc1ccnn1Cc1cccc(Cl)c1. The molecule has 2 aromatic carbocycles. The van der Waals surface area contributed by atoms with Gasteiger partial charge in [-0.15, -0.1) is 11.3 Å². The minimum atomic E-state index is -0.137. The van der Waals surface area contributed by atoms with Gasteiger partial charge in [0.15, 0.2) is 0 Å². The number of benzene rings is 2. The third-order valence-electron chi connectivity index (χ3n) is 4.39. The van der Waals surface area contributed by atoms with Crippen molar-refractivity contribution in [2.75, 3.05) is 5.32 Å². The van der Waals surface area contributed by atoms with Crippen LogP contribution in [0, 0.1) is 0 Å². The number of rotatable bonds is 7. The van der Waals surface area contributed by atoms with Crippen molar-refractivity contribution in [3.63, 3.8) is 0 Å². The van der Waals surface area contributed by atoms with E-state index >= 15 is 0 Å². The number of nitrogens with zero attached hydrogens (tertiary/aromatic N) is 3. The first-order valence-electron chi connectivity index (χ1n) is 9.29. The molecule has 0 aliphatic carbocycles. The molecule has 5 nitrogen and oxygen atoms in total. The van der Waals surface area contributed by atoms with Crippen molar-refractivity contribution in [1.82, 2.24) is 14.8 Å². The van der Waals surface area contributed by atoms with Crippen LogP contribution in [0.25, 0.3) is 0 Å². The van der Waals surface area contributed by atoms with E-state index in [-0.39, 0.29) is 12.3 Å². The summed E-state index contributed by atoms with van der Waals surface area (Å²) in [5.41, 5.74) is 2.85. The molecule has 2 aromatic heterocycles. The Kier molecular flexibility index (Phi) is 6.47. The second kappa shape index (κ2) is 9.43. The van der Waals surface area contributed by atoms with Gasteiger partial charge < -0.3 is 5.32 Å². The molecule has 2 heterocycles. The van der Waals surface area contributed by atoms with E-state index in [1.807, 2.05) is 53.9 Å². The zero-order valence-corrected chi connectivity index (χ0v) is 18.2. The predicted octanol–water partition coefficient (Wildman–Crippen LogP) is 5.47. The first kappa shape index (κ1) is 20.6. The molecule has 0 fully saturated rings. The Morgan fingerprint density at radius 1 is 1.03 bits per heavy atom. The molecule has 4 aromatic rings. The summed E-state index contributed by atoms with van der Waals surface area (Å²) in [6.07, 6.45) is 2.56. The Bertz CT molecular complexity index is 1170. The molecule has 0 radical (unpaired) electrons. The van der Waals surface area contributed by atoms with Crippen LogP contribution in [0.1, 0.15) is 21.8 Å². The molecule has 8 heteroatoms. The van der Waals surface area contributed by atoms with Crippen LogP contribution in [0.2, 0.25) is 10.0 Å². The molecule has 0 saturated carbocycles. The average Bonchev–Trinajstić information content (AvgIpc) is 3.31. The minimum Gasteiger partial charge on any atom is -0.311 e. The zero-order chi connectivity index (χ0) is 20.9. The number of hydrogen-bond donors (Lipinski definition) is 1. The van der Waals surface area contributed by atoms with Crippen molar-refractivity contribution < 1.29 is 4.79 Å². The van der Waals surface area contributed by atoms with E-state index in [4.69, 9.17) is 23.2 Å². The molecular weight excluding hydrogens is 439 g/mol. The molecule has 0 saturated heterocycles. The Morgan fingerprint density at radius 3 is 2.53 bits per heavy atom. The van der Waals surface area contributed by atoms with Gasteiger partial charge in [0.1, 0.15) is 5.82 Å². The summed E-state index contributed by atoms with van der Waals surface area (Å²) in [6.45, 7) is 0.518. The molecule has 0 unspecified atom stereocenters. The Morgan fingerprint density at radius 2 is 1.77 bits per heavy atom. The number of amides is 1. The van der Waals surface area contributed by atoms with E-state index in [1.165, 1.54) is 0 Å². The molecule has 4 rings (SSSR count). The number of nitrogens with one attached hydrogen (secondary N) is 1. The summed E-state index contributed by atoms with van der Waals surface area (Å²) in [5, 5.41) is 11.5. The van der Waals surface area contributed by atoms with Gasteiger partial charge in [0.25, 0.3) is 0 Å². The monoisotopic (exact) mass is 456 g/mol. The van der Waals surface area contributed by atoms with Gasteiger partial charge >= 0.3 is 0 Å². The number of hydrogen-bond acceptors (Lipinski definition) is 4. The lowest BCUT2D eigenvalue weighted by molar-refractivity contribution is -0.115. The van der Waals surface area contributed by atoms with Crippen LogP contribution in [0.3, 0.4) is 0 Å². The Labute approximate surface area is 188 Å². The lowest BCUT2D eigenvalue weighted by Gasteiger charge is -2.09. The van der Waals surface area contributed by atoms with Crippen LogP contribution in [0.4, 0.5) is 5.82 Å².